The summed E-state index contributed by atoms with van der Waals surface area (Å²) in [5.74, 6) is 3.04. The van der Waals surface area contributed by atoms with E-state index in [0.29, 0.717) is 30.2 Å². The molecule has 196 valence electrons. The number of fused-ring (bicyclic) bond motifs is 1. The van der Waals surface area contributed by atoms with E-state index in [2.05, 4.69) is 35.2 Å². The van der Waals surface area contributed by atoms with Crippen LogP contribution in [0.15, 0.2) is 85.2 Å². The highest BCUT2D eigenvalue weighted by Crippen LogP contribution is 2.36. The van der Waals surface area contributed by atoms with Gasteiger partial charge in [-0.05, 0) is 66.1 Å². The van der Waals surface area contributed by atoms with Crippen molar-refractivity contribution in [1.82, 2.24) is 9.55 Å². The van der Waals surface area contributed by atoms with Gasteiger partial charge >= 0.3 is 0 Å². The molecule has 0 aliphatic heterocycles. The zero-order valence-corrected chi connectivity index (χ0v) is 22.5. The normalized spacial score (nSPS) is 10.7. The third-order valence-corrected chi connectivity index (χ3v) is 6.72. The largest absolute Gasteiger partial charge is 0.497 e. The van der Waals surface area contributed by atoms with Gasteiger partial charge in [0.15, 0.2) is 0 Å². The van der Waals surface area contributed by atoms with Crippen LogP contribution in [0.4, 0.5) is 5.69 Å². The van der Waals surface area contributed by atoms with Crippen LogP contribution in [-0.2, 0) is 20.1 Å². The lowest BCUT2D eigenvalue weighted by atomic mass is 10.1. The SMILES string of the molecule is COc1ccc(CN(Cc2ccc(OC)cc2)c2cc(Oc3ccc(C#N)cc3C)cc3c2ncn3C)cc1. The van der Waals surface area contributed by atoms with Crippen molar-refractivity contribution >= 4 is 16.7 Å². The average Bonchev–Trinajstić information content (AvgIpc) is 3.34. The van der Waals surface area contributed by atoms with E-state index in [1.807, 2.05) is 73.4 Å². The molecule has 0 aliphatic rings. The third-order valence-electron chi connectivity index (χ3n) is 6.72. The summed E-state index contributed by atoms with van der Waals surface area (Å²) in [5, 5.41) is 9.25. The lowest BCUT2D eigenvalue weighted by Gasteiger charge is -2.26. The van der Waals surface area contributed by atoms with Gasteiger partial charge in [0.25, 0.3) is 0 Å². The maximum atomic E-state index is 9.25. The Morgan fingerprint density at radius 2 is 1.44 bits per heavy atom. The van der Waals surface area contributed by atoms with Crippen molar-refractivity contribution in [2.45, 2.75) is 20.0 Å². The highest BCUT2D eigenvalue weighted by molar-refractivity contribution is 5.90. The van der Waals surface area contributed by atoms with Crippen LogP contribution in [0.2, 0.25) is 0 Å². The molecule has 0 aliphatic carbocycles. The number of aryl methyl sites for hydroxylation is 2. The van der Waals surface area contributed by atoms with E-state index in [-0.39, 0.29) is 0 Å². The quantitative estimate of drug-likeness (QED) is 0.214. The van der Waals surface area contributed by atoms with Crippen molar-refractivity contribution in [1.29, 1.82) is 5.26 Å². The van der Waals surface area contributed by atoms with E-state index in [1.54, 1.807) is 20.3 Å². The Kier molecular flexibility index (Phi) is 7.37. The van der Waals surface area contributed by atoms with Crippen LogP contribution in [-0.4, -0.2) is 23.8 Å². The van der Waals surface area contributed by atoms with E-state index in [0.717, 1.165) is 44.9 Å². The summed E-state index contributed by atoms with van der Waals surface area (Å²) in [6.45, 7) is 3.25. The second-order valence-corrected chi connectivity index (χ2v) is 9.41. The van der Waals surface area contributed by atoms with E-state index < -0.39 is 0 Å². The van der Waals surface area contributed by atoms with E-state index >= 15 is 0 Å². The van der Waals surface area contributed by atoms with E-state index in [1.165, 1.54) is 0 Å². The van der Waals surface area contributed by atoms with Crippen molar-refractivity contribution < 1.29 is 14.2 Å². The molecule has 0 spiro atoms. The molecule has 1 aromatic heterocycles. The van der Waals surface area contributed by atoms with Crippen molar-refractivity contribution in [3.63, 3.8) is 0 Å². The molecule has 4 aromatic carbocycles. The van der Waals surface area contributed by atoms with Gasteiger partial charge in [-0.15, -0.1) is 0 Å². The summed E-state index contributed by atoms with van der Waals surface area (Å²) in [4.78, 5) is 7.06. The van der Waals surface area contributed by atoms with Gasteiger partial charge in [0.05, 0.1) is 43.4 Å². The molecule has 0 atom stereocenters. The first kappa shape index (κ1) is 25.7. The topological polar surface area (TPSA) is 72.5 Å². The molecule has 0 saturated carbocycles. The fourth-order valence-corrected chi connectivity index (χ4v) is 4.58. The lowest BCUT2D eigenvalue weighted by molar-refractivity contribution is 0.414. The number of nitriles is 1. The molecule has 0 radical (unpaired) electrons. The fraction of sp³-hybridized carbons (Fsp3) is 0.188. The minimum absolute atomic E-state index is 0.604. The summed E-state index contributed by atoms with van der Waals surface area (Å²) in [7, 11) is 5.32. The first-order valence-electron chi connectivity index (χ1n) is 12.6. The summed E-state index contributed by atoms with van der Waals surface area (Å²) in [6, 6.07) is 27.9. The van der Waals surface area contributed by atoms with Gasteiger partial charge in [-0.1, -0.05) is 24.3 Å². The number of aromatic nitrogens is 2. The number of hydrogen-bond donors (Lipinski definition) is 0. The predicted molar refractivity (Wildman–Crippen MR) is 153 cm³/mol. The van der Waals surface area contributed by atoms with Gasteiger partial charge in [-0.2, -0.15) is 5.26 Å². The molecule has 1 heterocycles. The van der Waals surface area contributed by atoms with E-state index in [9.17, 15) is 5.26 Å². The van der Waals surface area contributed by atoms with E-state index in [4.69, 9.17) is 19.2 Å². The maximum absolute atomic E-state index is 9.25. The molecule has 0 fully saturated rings. The molecule has 5 rings (SSSR count). The van der Waals surface area contributed by atoms with Gasteiger partial charge in [-0.3, -0.25) is 0 Å². The summed E-state index contributed by atoms with van der Waals surface area (Å²) < 4.78 is 19.1. The van der Waals surface area contributed by atoms with Crippen LogP contribution in [0.3, 0.4) is 0 Å². The molecule has 5 aromatic rings. The predicted octanol–water partition coefficient (Wildman–Crippen LogP) is 6.77. The number of nitrogens with zero attached hydrogens (tertiary/aromatic N) is 4. The van der Waals surface area contributed by atoms with Crippen LogP contribution in [0, 0.1) is 18.3 Å². The van der Waals surface area contributed by atoms with Gasteiger partial charge in [0, 0.05) is 32.3 Å². The Morgan fingerprint density at radius 3 is 1.97 bits per heavy atom. The standard InChI is InChI=1S/C32H30N4O3/c1-22-15-25(18-33)9-14-31(22)39-28-16-29-32(34-21-35(29)2)30(17-28)36(19-23-5-10-26(37-3)11-6-23)20-24-7-12-27(38-4)13-8-24/h5-17,21H,19-20H2,1-4H3. The minimum atomic E-state index is 0.604. The second-order valence-electron chi connectivity index (χ2n) is 9.41. The molecule has 39 heavy (non-hydrogen) atoms. The Morgan fingerprint density at radius 1 is 0.821 bits per heavy atom. The smallest absolute Gasteiger partial charge is 0.131 e. The summed E-state index contributed by atoms with van der Waals surface area (Å²) in [5.41, 5.74) is 6.60. The van der Waals surface area contributed by atoms with Crippen LogP contribution >= 0.6 is 0 Å². The molecular weight excluding hydrogens is 488 g/mol. The maximum Gasteiger partial charge on any atom is 0.131 e. The zero-order valence-electron chi connectivity index (χ0n) is 22.5. The summed E-state index contributed by atoms with van der Waals surface area (Å²) in [6.07, 6.45) is 1.82. The molecule has 0 bridgehead atoms. The van der Waals surface area contributed by atoms with Crippen molar-refractivity contribution in [3.8, 4) is 29.1 Å². The number of anilines is 1. The zero-order chi connectivity index (χ0) is 27.4. The highest BCUT2D eigenvalue weighted by atomic mass is 16.5. The Hall–Kier alpha value is -4.96. The highest BCUT2D eigenvalue weighted by Gasteiger charge is 2.18. The summed E-state index contributed by atoms with van der Waals surface area (Å²) >= 11 is 0. The Balaban J connectivity index is 1.57. The molecule has 0 amide bonds. The van der Waals surface area contributed by atoms with Crippen molar-refractivity contribution in [3.05, 3.63) is 107 Å². The number of rotatable bonds is 9. The molecule has 7 heteroatoms. The number of ether oxygens (including phenoxy) is 3. The molecule has 0 N–H and O–H groups in total. The van der Waals surface area contributed by atoms with Crippen molar-refractivity contribution in [2.75, 3.05) is 19.1 Å². The monoisotopic (exact) mass is 518 g/mol. The molecule has 7 nitrogen and oxygen atoms in total. The minimum Gasteiger partial charge on any atom is -0.497 e. The molecule has 0 unspecified atom stereocenters. The third kappa shape index (κ3) is 5.65. The number of benzene rings is 4. The van der Waals surface area contributed by atoms with Gasteiger partial charge in [-0.25, -0.2) is 4.98 Å². The Labute approximate surface area is 228 Å². The number of hydrogen-bond acceptors (Lipinski definition) is 6. The van der Waals surface area contributed by atoms with Gasteiger partial charge in [0.2, 0.25) is 0 Å². The number of methoxy groups -OCH3 is 2. The van der Waals surface area contributed by atoms with Gasteiger partial charge < -0.3 is 23.7 Å². The fourth-order valence-electron chi connectivity index (χ4n) is 4.58. The lowest BCUT2D eigenvalue weighted by Crippen LogP contribution is -2.22. The number of imidazole rings is 1. The first-order chi connectivity index (χ1) is 19.0. The van der Waals surface area contributed by atoms with Crippen LogP contribution in [0.25, 0.3) is 11.0 Å². The van der Waals surface area contributed by atoms with Crippen LogP contribution < -0.4 is 19.1 Å². The molecular formula is C32H30N4O3. The molecule has 0 saturated heterocycles. The van der Waals surface area contributed by atoms with Crippen LogP contribution in [0.1, 0.15) is 22.3 Å². The Bertz CT molecular complexity index is 1580. The van der Waals surface area contributed by atoms with Gasteiger partial charge in [0.1, 0.15) is 28.5 Å². The second kappa shape index (κ2) is 11.2. The van der Waals surface area contributed by atoms with Crippen molar-refractivity contribution in [2.24, 2.45) is 7.05 Å². The first-order valence-corrected chi connectivity index (χ1v) is 12.6. The average molecular weight is 519 g/mol. The van der Waals surface area contributed by atoms with Crippen LogP contribution in [0.5, 0.6) is 23.0 Å².